The third-order valence-corrected chi connectivity index (χ3v) is 6.49. The zero-order valence-corrected chi connectivity index (χ0v) is 16.2. The summed E-state index contributed by atoms with van der Waals surface area (Å²) in [5.41, 5.74) is 2.56. The van der Waals surface area contributed by atoms with E-state index < -0.39 is 33.9 Å². The second-order valence-corrected chi connectivity index (χ2v) is 9.09. The van der Waals surface area contributed by atoms with Gasteiger partial charge in [0.15, 0.2) is 15.9 Å². The molecular formula is C19H23NO6S. The van der Waals surface area contributed by atoms with Crippen molar-refractivity contribution in [2.45, 2.75) is 45.3 Å². The number of hydrogen-bond donors (Lipinski definition) is 1. The van der Waals surface area contributed by atoms with Crippen LogP contribution in [-0.2, 0) is 37.0 Å². The first-order valence-corrected chi connectivity index (χ1v) is 10.8. The fourth-order valence-corrected chi connectivity index (χ4v) is 4.83. The summed E-state index contributed by atoms with van der Waals surface area (Å²) in [6.07, 6.45) is 1.80. The van der Waals surface area contributed by atoms with Crippen molar-refractivity contribution >= 4 is 32.7 Å². The number of aryl methyl sites for hydroxylation is 1. The van der Waals surface area contributed by atoms with Gasteiger partial charge in [-0.3, -0.25) is 9.59 Å². The highest BCUT2D eigenvalue weighted by atomic mass is 32.2. The van der Waals surface area contributed by atoms with Crippen molar-refractivity contribution in [3.63, 3.8) is 0 Å². The highest BCUT2D eigenvalue weighted by Gasteiger charge is 2.30. The van der Waals surface area contributed by atoms with Crippen molar-refractivity contribution in [3.05, 3.63) is 35.6 Å². The van der Waals surface area contributed by atoms with Crippen molar-refractivity contribution in [1.29, 1.82) is 0 Å². The molecule has 146 valence electrons. The topological polar surface area (TPSA) is 103 Å². The molecule has 0 bridgehead atoms. The van der Waals surface area contributed by atoms with E-state index in [2.05, 4.69) is 12.2 Å². The first kappa shape index (κ1) is 19.4. The molecule has 1 fully saturated rings. The van der Waals surface area contributed by atoms with E-state index in [1.807, 2.05) is 18.2 Å². The van der Waals surface area contributed by atoms with Gasteiger partial charge in [-0.25, -0.2) is 8.42 Å². The van der Waals surface area contributed by atoms with Gasteiger partial charge in [0.2, 0.25) is 0 Å². The zero-order valence-electron chi connectivity index (χ0n) is 15.4. The van der Waals surface area contributed by atoms with Crippen LogP contribution in [0.15, 0.2) is 28.9 Å². The molecule has 1 aromatic carbocycles. The Hall–Kier alpha value is -2.35. The van der Waals surface area contributed by atoms with Crippen LogP contribution >= 0.6 is 0 Å². The minimum atomic E-state index is -3.08. The van der Waals surface area contributed by atoms with Crippen molar-refractivity contribution in [2.24, 2.45) is 0 Å². The van der Waals surface area contributed by atoms with Crippen LogP contribution in [0.2, 0.25) is 0 Å². The molecule has 0 unspecified atom stereocenters. The minimum Gasteiger partial charge on any atom is -0.464 e. The Kier molecular flexibility index (Phi) is 5.55. The summed E-state index contributed by atoms with van der Waals surface area (Å²) < 4.78 is 33.6. The predicted molar refractivity (Wildman–Crippen MR) is 100 cm³/mol. The maximum Gasteiger partial charge on any atom is 0.311 e. The van der Waals surface area contributed by atoms with Gasteiger partial charge in [0, 0.05) is 17.0 Å². The third-order valence-electron chi connectivity index (χ3n) is 4.72. The minimum absolute atomic E-state index is 0.00605. The summed E-state index contributed by atoms with van der Waals surface area (Å²) >= 11 is 0. The Morgan fingerprint density at radius 1 is 1.37 bits per heavy atom. The van der Waals surface area contributed by atoms with Crippen LogP contribution in [0.3, 0.4) is 0 Å². The van der Waals surface area contributed by atoms with Gasteiger partial charge >= 0.3 is 5.97 Å². The summed E-state index contributed by atoms with van der Waals surface area (Å²) in [7, 11) is -3.08. The van der Waals surface area contributed by atoms with Gasteiger partial charge < -0.3 is 14.5 Å². The number of rotatable bonds is 6. The SMILES string of the molecule is CCc1ccc2c(CC(=O)O[C@H](C)C(=O)N[C@H]3CCS(=O)(=O)C3)coc2c1. The number of fused-ring (bicyclic) bond motifs is 1. The molecule has 27 heavy (non-hydrogen) atoms. The van der Waals surface area contributed by atoms with E-state index >= 15 is 0 Å². The molecule has 2 atom stereocenters. The normalized spacial score (nSPS) is 19.7. The fourth-order valence-electron chi connectivity index (χ4n) is 3.16. The number of esters is 1. The van der Waals surface area contributed by atoms with E-state index in [4.69, 9.17) is 9.15 Å². The monoisotopic (exact) mass is 393 g/mol. The lowest BCUT2D eigenvalue weighted by Crippen LogP contribution is -2.42. The highest BCUT2D eigenvalue weighted by molar-refractivity contribution is 7.91. The lowest BCUT2D eigenvalue weighted by atomic mass is 10.1. The average Bonchev–Trinajstić information content (AvgIpc) is 3.16. The molecule has 0 saturated carbocycles. The molecule has 1 aliphatic heterocycles. The Bertz CT molecular complexity index is 962. The van der Waals surface area contributed by atoms with E-state index in [0.29, 0.717) is 17.6 Å². The number of ether oxygens (including phenoxy) is 1. The van der Waals surface area contributed by atoms with Crippen LogP contribution in [-0.4, -0.2) is 43.9 Å². The maximum atomic E-state index is 12.2. The molecule has 1 aliphatic rings. The van der Waals surface area contributed by atoms with E-state index in [1.54, 1.807) is 0 Å². The smallest absolute Gasteiger partial charge is 0.311 e. The lowest BCUT2D eigenvalue weighted by Gasteiger charge is -2.16. The molecular weight excluding hydrogens is 370 g/mol. The molecule has 0 aliphatic carbocycles. The first-order valence-electron chi connectivity index (χ1n) is 8.96. The van der Waals surface area contributed by atoms with Crippen molar-refractivity contribution in [2.75, 3.05) is 11.5 Å². The zero-order chi connectivity index (χ0) is 19.6. The summed E-state index contributed by atoms with van der Waals surface area (Å²) in [4.78, 5) is 24.3. The van der Waals surface area contributed by atoms with Gasteiger partial charge in [-0.2, -0.15) is 0 Å². The summed E-state index contributed by atoms with van der Waals surface area (Å²) in [5.74, 6) is -1.03. The van der Waals surface area contributed by atoms with E-state index in [0.717, 1.165) is 17.4 Å². The van der Waals surface area contributed by atoms with Crippen molar-refractivity contribution < 1.29 is 27.2 Å². The van der Waals surface area contributed by atoms with E-state index in [9.17, 15) is 18.0 Å². The first-order chi connectivity index (χ1) is 12.8. The van der Waals surface area contributed by atoms with E-state index in [1.165, 1.54) is 13.2 Å². The number of hydrogen-bond acceptors (Lipinski definition) is 6. The van der Waals surface area contributed by atoms with Gasteiger partial charge in [-0.15, -0.1) is 0 Å². The second-order valence-electron chi connectivity index (χ2n) is 6.86. The van der Waals surface area contributed by atoms with E-state index in [-0.39, 0.29) is 17.9 Å². The molecule has 2 aromatic rings. The number of furan rings is 1. The Morgan fingerprint density at radius 3 is 2.81 bits per heavy atom. The number of carbonyl (C=O) groups is 2. The molecule has 0 radical (unpaired) electrons. The van der Waals surface area contributed by atoms with Gasteiger partial charge in [-0.05, 0) is 31.4 Å². The standard InChI is InChI=1S/C19H23NO6S/c1-3-13-4-5-16-14(10-25-17(16)8-13)9-18(21)26-12(2)19(22)20-15-6-7-27(23,24)11-15/h4-5,8,10,12,15H,3,6-7,9,11H2,1-2H3,(H,20,22)/t12-,15+/m1/s1. The Labute approximate surface area is 158 Å². The molecule has 1 N–H and O–H groups in total. The second kappa shape index (κ2) is 7.72. The molecule has 3 rings (SSSR count). The quantitative estimate of drug-likeness (QED) is 0.751. The lowest BCUT2D eigenvalue weighted by molar-refractivity contribution is -0.154. The Morgan fingerprint density at radius 2 is 2.15 bits per heavy atom. The molecule has 1 amide bonds. The van der Waals surface area contributed by atoms with Gasteiger partial charge in [0.25, 0.3) is 5.91 Å². The molecule has 1 aromatic heterocycles. The number of carbonyl (C=O) groups excluding carboxylic acids is 2. The summed E-state index contributed by atoms with van der Waals surface area (Å²) in [5, 5.41) is 3.47. The van der Waals surface area contributed by atoms with Crippen LogP contribution in [0, 0.1) is 0 Å². The molecule has 0 spiro atoms. The van der Waals surface area contributed by atoms with Crippen LogP contribution in [0.25, 0.3) is 11.0 Å². The molecule has 2 heterocycles. The number of benzene rings is 1. The summed E-state index contributed by atoms with van der Waals surface area (Å²) in [6, 6.07) is 5.42. The van der Waals surface area contributed by atoms with Crippen LogP contribution in [0.5, 0.6) is 0 Å². The number of nitrogens with one attached hydrogen (secondary N) is 1. The van der Waals surface area contributed by atoms with Crippen LogP contribution < -0.4 is 5.32 Å². The van der Waals surface area contributed by atoms with Gasteiger partial charge in [0.05, 0.1) is 24.2 Å². The molecule has 1 saturated heterocycles. The average molecular weight is 393 g/mol. The van der Waals surface area contributed by atoms with Gasteiger partial charge in [-0.1, -0.05) is 19.1 Å². The predicted octanol–water partition coefficient (Wildman–Crippen LogP) is 1.77. The summed E-state index contributed by atoms with van der Waals surface area (Å²) in [6.45, 7) is 3.52. The fraction of sp³-hybridized carbons (Fsp3) is 0.474. The van der Waals surface area contributed by atoms with Crippen molar-refractivity contribution in [3.8, 4) is 0 Å². The van der Waals surface area contributed by atoms with Crippen LogP contribution in [0.1, 0.15) is 31.4 Å². The number of sulfone groups is 1. The maximum absolute atomic E-state index is 12.2. The third kappa shape index (κ3) is 4.68. The van der Waals surface area contributed by atoms with Gasteiger partial charge in [0.1, 0.15) is 5.58 Å². The Balaban J connectivity index is 1.56. The van der Waals surface area contributed by atoms with Crippen molar-refractivity contribution in [1.82, 2.24) is 5.32 Å². The molecule has 8 heteroatoms. The van der Waals surface area contributed by atoms with Crippen LogP contribution in [0.4, 0.5) is 0 Å². The highest BCUT2D eigenvalue weighted by Crippen LogP contribution is 2.23. The largest absolute Gasteiger partial charge is 0.464 e. The number of amides is 1. The molecule has 7 nitrogen and oxygen atoms in total.